The van der Waals surface area contributed by atoms with Gasteiger partial charge in [0.2, 0.25) is 11.7 Å². The first-order valence-electron chi connectivity index (χ1n) is 10.0. The Kier molecular flexibility index (Phi) is 4.83. The first-order valence-corrected chi connectivity index (χ1v) is 10.8. The third-order valence-electron chi connectivity index (χ3n) is 5.34. The number of H-pyrrole nitrogens is 1. The quantitative estimate of drug-likeness (QED) is 0.461. The highest BCUT2D eigenvalue weighted by Gasteiger charge is 2.46. The summed E-state index contributed by atoms with van der Waals surface area (Å²) in [6.45, 7) is 2.58. The number of nitrogens with zero attached hydrogens (tertiary/aromatic N) is 4. The van der Waals surface area contributed by atoms with Crippen LogP contribution in [0.4, 0.5) is 13.2 Å². The molecule has 4 heterocycles. The van der Waals surface area contributed by atoms with Gasteiger partial charge in [-0.3, -0.25) is 4.79 Å². The highest BCUT2D eigenvalue weighted by atomic mass is 32.1. The maximum atomic E-state index is 13.7. The number of thiazole rings is 1. The molecule has 12 heteroatoms. The second kappa shape index (κ2) is 7.39. The van der Waals surface area contributed by atoms with Crippen LogP contribution in [-0.2, 0) is 18.2 Å². The molecule has 4 aromatic rings. The molecule has 0 bridgehead atoms. The summed E-state index contributed by atoms with van der Waals surface area (Å²) in [5, 5.41) is 10.6. The van der Waals surface area contributed by atoms with E-state index >= 15 is 0 Å². The predicted molar refractivity (Wildman–Crippen MR) is 112 cm³/mol. The number of benzene rings is 1. The van der Waals surface area contributed by atoms with Crippen molar-refractivity contribution in [3.63, 3.8) is 0 Å². The normalized spacial score (nSPS) is 16.9. The lowest BCUT2D eigenvalue weighted by Gasteiger charge is -2.33. The van der Waals surface area contributed by atoms with E-state index in [0.717, 1.165) is 10.4 Å². The lowest BCUT2D eigenvalue weighted by molar-refractivity contribution is -0.141. The molecule has 0 unspecified atom stereocenters. The van der Waals surface area contributed by atoms with E-state index in [1.165, 1.54) is 36.4 Å². The smallest absolute Gasteiger partial charge is 0.432 e. The SMILES string of the molecule is CC(C)(O)c1nc(C(F)(F)F)c(C(=O)N2CCc3[nH]cnc3[C@H]2c2nc3ccccc3s2)o1. The van der Waals surface area contributed by atoms with E-state index in [4.69, 9.17) is 4.42 Å². The minimum atomic E-state index is -4.95. The minimum Gasteiger partial charge on any atom is -0.432 e. The summed E-state index contributed by atoms with van der Waals surface area (Å²) in [5.74, 6) is -2.56. The average molecular weight is 477 g/mol. The number of fused-ring (bicyclic) bond motifs is 2. The Hall–Kier alpha value is -3.25. The maximum Gasteiger partial charge on any atom is 0.437 e. The molecule has 0 aliphatic carbocycles. The largest absolute Gasteiger partial charge is 0.437 e. The maximum absolute atomic E-state index is 13.7. The molecule has 1 aliphatic rings. The van der Waals surface area contributed by atoms with Crippen molar-refractivity contribution in [1.82, 2.24) is 24.8 Å². The van der Waals surface area contributed by atoms with Crippen LogP contribution < -0.4 is 0 Å². The van der Waals surface area contributed by atoms with E-state index in [2.05, 4.69) is 19.9 Å². The van der Waals surface area contributed by atoms with Gasteiger partial charge >= 0.3 is 6.18 Å². The third kappa shape index (κ3) is 3.68. The molecule has 0 fully saturated rings. The Bertz CT molecular complexity index is 1320. The number of halogens is 3. The Morgan fingerprint density at radius 2 is 2.03 bits per heavy atom. The molecule has 33 heavy (non-hydrogen) atoms. The van der Waals surface area contributed by atoms with Gasteiger partial charge < -0.3 is 19.4 Å². The highest BCUT2D eigenvalue weighted by molar-refractivity contribution is 7.18. The van der Waals surface area contributed by atoms with Gasteiger partial charge in [0.15, 0.2) is 5.69 Å². The van der Waals surface area contributed by atoms with Gasteiger partial charge in [-0.25, -0.2) is 15.0 Å². The van der Waals surface area contributed by atoms with E-state index < -0.39 is 41.1 Å². The second-order valence-electron chi connectivity index (χ2n) is 8.19. The number of hydrogen-bond donors (Lipinski definition) is 2. The number of aromatic nitrogens is 4. The third-order valence-corrected chi connectivity index (χ3v) is 6.43. The van der Waals surface area contributed by atoms with Gasteiger partial charge in [-0.1, -0.05) is 12.1 Å². The molecule has 1 amide bonds. The van der Waals surface area contributed by atoms with E-state index in [9.17, 15) is 23.1 Å². The molecule has 0 saturated heterocycles. The molecular formula is C21H18F3N5O3S. The van der Waals surface area contributed by atoms with Crippen molar-refractivity contribution in [2.24, 2.45) is 0 Å². The molecule has 8 nitrogen and oxygen atoms in total. The standard InChI is InChI=1S/C21H18F3N5O3S/c1-20(2,31)19-28-16(21(22,23)24)15(32-19)18(30)29-8-7-11-13(26-9-25-11)14(29)17-27-10-5-3-4-6-12(10)33-17/h3-6,9,14,31H,7-8H2,1-2H3,(H,25,26)/t14-/m0/s1. The van der Waals surface area contributed by atoms with E-state index in [0.29, 0.717) is 22.6 Å². The highest BCUT2D eigenvalue weighted by Crippen LogP contribution is 2.40. The second-order valence-corrected chi connectivity index (χ2v) is 9.25. The lowest BCUT2D eigenvalue weighted by atomic mass is 10.0. The van der Waals surface area contributed by atoms with Crippen molar-refractivity contribution in [3.05, 3.63) is 64.3 Å². The fraction of sp³-hybridized carbons (Fsp3) is 0.333. The summed E-state index contributed by atoms with van der Waals surface area (Å²) >= 11 is 1.34. The van der Waals surface area contributed by atoms with Crippen LogP contribution in [0.5, 0.6) is 0 Å². The zero-order valence-corrected chi connectivity index (χ0v) is 18.3. The van der Waals surface area contributed by atoms with Crippen molar-refractivity contribution in [1.29, 1.82) is 0 Å². The molecule has 5 rings (SSSR count). The molecule has 0 spiro atoms. The molecular weight excluding hydrogens is 459 g/mol. The number of alkyl halides is 3. The van der Waals surface area contributed by atoms with Crippen molar-refractivity contribution in [2.75, 3.05) is 6.54 Å². The summed E-state index contributed by atoms with van der Waals surface area (Å²) in [5.41, 5.74) is -1.26. The predicted octanol–water partition coefficient (Wildman–Crippen LogP) is 4.04. The molecule has 1 aromatic carbocycles. The number of rotatable bonds is 3. The Morgan fingerprint density at radius 3 is 2.73 bits per heavy atom. The van der Waals surface area contributed by atoms with Gasteiger partial charge in [-0.15, -0.1) is 11.3 Å². The first-order chi connectivity index (χ1) is 15.5. The summed E-state index contributed by atoms with van der Waals surface area (Å²) in [7, 11) is 0. The molecule has 172 valence electrons. The van der Waals surface area contributed by atoms with E-state index in [1.54, 1.807) is 0 Å². The van der Waals surface area contributed by atoms with Crippen molar-refractivity contribution < 1.29 is 27.5 Å². The first kappa shape index (κ1) is 21.6. The van der Waals surface area contributed by atoms with Crippen LogP contribution >= 0.6 is 11.3 Å². The summed E-state index contributed by atoms with van der Waals surface area (Å²) < 4.78 is 47.3. The number of para-hydroxylation sites is 1. The van der Waals surface area contributed by atoms with Crippen LogP contribution in [0.3, 0.4) is 0 Å². The van der Waals surface area contributed by atoms with Gasteiger partial charge in [0.05, 0.1) is 22.2 Å². The van der Waals surface area contributed by atoms with Crippen molar-refractivity contribution in [2.45, 2.75) is 38.1 Å². The van der Waals surface area contributed by atoms with Crippen molar-refractivity contribution >= 4 is 27.5 Å². The molecule has 3 aromatic heterocycles. The van der Waals surface area contributed by atoms with Gasteiger partial charge in [-0.2, -0.15) is 13.2 Å². The van der Waals surface area contributed by atoms with Gasteiger partial charge in [0, 0.05) is 18.7 Å². The number of aromatic amines is 1. The molecule has 0 saturated carbocycles. The molecule has 0 radical (unpaired) electrons. The van der Waals surface area contributed by atoms with E-state index in [1.807, 2.05) is 24.3 Å². The molecule has 1 atom stereocenters. The number of oxazole rings is 1. The summed E-state index contributed by atoms with van der Waals surface area (Å²) in [6, 6.07) is 6.59. The van der Waals surface area contributed by atoms with Crippen LogP contribution in [0.25, 0.3) is 10.2 Å². The van der Waals surface area contributed by atoms with Gasteiger partial charge in [-0.05, 0) is 26.0 Å². The fourth-order valence-corrected chi connectivity index (χ4v) is 4.89. The number of aliphatic hydroxyl groups is 1. The Morgan fingerprint density at radius 1 is 1.27 bits per heavy atom. The number of hydrogen-bond acceptors (Lipinski definition) is 7. The van der Waals surface area contributed by atoms with Crippen LogP contribution in [-0.4, -0.2) is 42.4 Å². The van der Waals surface area contributed by atoms with Gasteiger partial charge in [0.1, 0.15) is 16.7 Å². The summed E-state index contributed by atoms with van der Waals surface area (Å²) in [4.78, 5) is 30.2. The number of carbonyl (C=O) groups excluding carboxylic acids is 1. The number of nitrogens with one attached hydrogen (secondary N) is 1. The number of imidazole rings is 1. The number of amides is 1. The van der Waals surface area contributed by atoms with Crippen LogP contribution in [0.1, 0.15) is 58.4 Å². The van der Waals surface area contributed by atoms with Gasteiger partial charge in [0.25, 0.3) is 5.91 Å². The average Bonchev–Trinajstić information content (AvgIpc) is 3.48. The zero-order valence-electron chi connectivity index (χ0n) is 17.5. The minimum absolute atomic E-state index is 0.116. The Labute approximate surface area is 189 Å². The molecule has 1 aliphatic heterocycles. The summed E-state index contributed by atoms with van der Waals surface area (Å²) in [6.07, 6.45) is -3.09. The number of carbonyl (C=O) groups is 1. The van der Waals surface area contributed by atoms with E-state index in [-0.39, 0.29) is 6.54 Å². The van der Waals surface area contributed by atoms with Crippen LogP contribution in [0, 0.1) is 0 Å². The molecule has 2 N–H and O–H groups in total. The van der Waals surface area contributed by atoms with Crippen LogP contribution in [0.2, 0.25) is 0 Å². The Balaban J connectivity index is 1.63. The van der Waals surface area contributed by atoms with Crippen molar-refractivity contribution in [3.8, 4) is 0 Å². The zero-order chi connectivity index (χ0) is 23.5. The van der Waals surface area contributed by atoms with Crippen LogP contribution in [0.15, 0.2) is 35.0 Å². The topological polar surface area (TPSA) is 108 Å². The lowest BCUT2D eigenvalue weighted by Crippen LogP contribution is -2.41. The fourth-order valence-electron chi connectivity index (χ4n) is 3.80. The monoisotopic (exact) mass is 477 g/mol.